The third kappa shape index (κ3) is 5.53. The molecule has 1 N–H and O–H groups in total. The number of halogens is 3. The molecule has 0 aliphatic rings. The minimum Gasteiger partial charge on any atom is -0.471 e. The van der Waals surface area contributed by atoms with E-state index in [0.29, 0.717) is 0 Å². The van der Waals surface area contributed by atoms with E-state index in [-0.39, 0.29) is 40.4 Å². The summed E-state index contributed by atoms with van der Waals surface area (Å²) in [4.78, 5) is 12.6. The lowest BCUT2D eigenvalue weighted by Gasteiger charge is -2.08. The summed E-state index contributed by atoms with van der Waals surface area (Å²) in [7, 11) is 0. The first-order valence-electron chi connectivity index (χ1n) is 10.0. The molecule has 1 amide bonds. The van der Waals surface area contributed by atoms with E-state index in [1.165, 1.54) is 27.7 Å². The van der Waals surface area contributed by atoms with Gasteiger partial charge in [0.1, 0.15) is 16.6 Å². The van der Waals surface area contributed by atoms with E-state index in [4.69, 9.17) is 27.9 Å². The molecule has 2 aromatic heterocycles. The van der Waals surface area contributed by atoms with Crippen LogP contribution in [0.15, 0.2) is 54.9 Å². The molecule has 7 nitrogen and oxygen atoms in total. The van der Waals surface area contributed by atoms with Crippen LogP contribution < -0.4 is 10.1 Å². The van der Waals surface area contributed by atoms with Crippen molar-refractivity contribution in [3.05, 3.63) is 93.1 Å². The summed E-state index contributed by atoms with van der Waals surface area (Å²) in [5.41, 5.74) is 2.64. The molecule has 33 heavy (non-hydrogen) atoms. The van der Waals surface area contributed by atoms with E-state index >= 15 is 0 Å². The molecule has 0 spiro atoms. The zero-order chi connectivity index (χ0) is 23.5. The van der Waals surface area contributed by atoms with Crippen molar-refractivity contribution in [1.29, 1.82) is 0 Å². The van der Waals surface area contributed by atoms with Crippen LogP contribution in [0.2, 0.25) is 10.0 Å². The third-order valence-corrected chi connectivity index (χ3v) is 5.39. The van der Waals surface area contributed by atoms with Crippen molar-refractivity contribution in [2.24, 2.45) is 0 Å². The molecule has 170 valence electrons. The van der Waals surface area contributed by atoms with Gasteiger partial charge in [-0.3, -0.25) is 9.48 Å². The number of nitrogens with zero attached hydrogens (tertiary/aromatic N) is 4. The highest BCUT2D eigenvalue weighted by Gasteiger charge is 2.16. The van der Waals surface area contributed by atoms with Crippen LogP contribution in [-0.2, 0) is 13.3 Å². The molecule has 4 rings (SSSR count). The van der Waals surface area contributed by atoms with Crippen LogP contribution in [0.4, 0.5) is 10.2 Å². The number of anilines is 1. The molecule has 0 bridgehead atoms. The Kier molecular flexibility index (Phi) is 6.67. The molecule has 10 heteroatoms. The van der Waals surface area contributed by atoms with Crippen molar-refractivity contribution >= 4 is 34.9 Å². The molecular formula is C23H20Cl2FN5O2. The second-order valence-electron chi connectivity index (χ2n) is 7.51. The largest absolute Gasteiger partial charge is 0.471 e. The van der Waals surface area contributed by atoms with Crippen LogP contribution >= 0.6 is 23.2 Å². The third-order valence-electron chi connectivity index (χ3n) is 4.76. The highest BCUT2D eigenvalue weighted by molar-refractivity contribution is 6.33. The van der Waals surface area contributed by atoms with Crippen LogP contribution in [0.3, 0.4) is 0 Å². The van der Waals surface area contributed by atoms with Gasteiger partial charge >= 0.3 is 0 Å². The zero-order valence-electron chi connectivity index (χ0n) is 17.8. The molecule has 0 radical (unpaired) electrons. The first-order chi connectivity index (χ1) is 15.8. The first kappa shape index (κ1) is 22.8. The molecule has 0 unspecified atom stereocenters. The Morgan fingerprint density at radius 3 is 2.55 bits per heavy atom. The monoisotopic (exact) mass is 487 g/mol. The smallest absolute Gasteiger partial charge is 0.277 e. The Morgan fingerprint density at radius 1 is 1.06 bits per heavy atom. The predicted molar refractivity (Wildman–Crippen MR) is 124 cm³/mol. The van der Waals surface area contributed by atoms with Gasteiger partial charge in [-0.05, 0) is 55.3 Å². The Labute approximate surface area is 199 Å². The molecule has 0 fully saturated rings. The summed E-state index contributed by atoms with van der Waals surface area (Å²) in [5.74, 6) is -0.0824. The Morgan fingerprint density at radius 2 is 1.82 bits per heavy atom. The van der Waals surface area contributed by atoms with E-state index in [0.717, 1.165) is 16.9 Å². The molecule has 0 saturated carbocycles. The van der Waals surface area contributed by atoms with Gasteiger partial charge in [0.2, 0.25) is 0 Å². The molecule has 4 aromatic rings. The maximum atomic E-state index is 14.0. The number of benzene rings is 2. The maximum absolute atomic E-state index is 14.0. The molecule has 0 atom stereocenters. The summed E-state index contributed by atoms with van der Waals surface area (Å²) in [6.07, 6.45) is 3.12. The number of rotatable bonds is 7. The van der Waals surface area contributed by atoms with Crippen molar-refractivity contribution in [2.75, 3.05) is 5.32 Å². The number of nitrogens with one attached hydrogen (secondary N) is 1. The van der Waals surface area contributed by atoms with Gasteiger partial charge < -0.3 is 10.1 Å². The number of hydrogen-bond acceptors (Lipinski definition) is 4. The highest BCUT2D eigenvalue weighted by Crippen LogP contribution is 2.24. The zero-order valence-corrected chi connectivity index (χ0v) is 19.4. The molecule has 2 aromatic carbocycles. The van der Waals surface area contributed by atoms with E-state index < -0.39 is 11.7 Å². The topological polar surface area (TPSA) is 74.0 Å². The quantitative estimate of drug-likeness (QED) is 0.374. The van der Waals surface area contributed by atoms with Crippen molar-refractivity contribution in [2.45, 2.75) is 27.1 Å². The van der Waals surface area contributed by atoms with Gasteiger partial charge in [0.15, 0.2) is 18.2 Å². The summed E-state index contributed by atoms with van der Waals surface area (Å²) in [5, 5.41) is 11.5. The summed E-state index contributed by atoms with van der Waals surface area (Å²) < 4.78 is 22.7. The maximum Gasteiger partial charge on any atom is 0.277 e. The van der Waals surface area contributed by atoms with Crippen molar-refractivity contribution in [3.8, 4) is 5.75 Å². The predicted octanol–water partition coefficient (Wildman–Crippen LogP) is 5.48. The van der Waals surface area contributed by atoms with Gasteiger partial charge in [-0.2, -0.15) is 10.2 Å². The van der Waals surface area contributed by atoms with Gasteiger partial charge in [-0.15, -0.1) is 0 Å². The number of carbonyl (C=O) groups excluding carboxylic acids is 1. The summed E-state index contributed by atoms with van der Waals surface area (Å²) in [6, 6.07) is 11.9. The normalized spacial score (nSPS) is 10.9. The Hall–Kier alpha value is -3.36. The fraction of sp³-hybridized carbons (Fsp3) is 0.174. The molecule has 0 aliphatic heterocycles. The second kappa shape index (κ2) is 9.64. The average molecular weight is 488 g/mol. The first-order valence-corrected chi connectivity index (χ1v) is 10.8. The Balaban J connectivity index is 1.40. The highest BCUT2D eigenvalue weighted by atomic mass is 35.5. The number of aromatic nitrogens is 4. The van der Waals surface area contributed by atoms with Gasteiger partial charge in [0.05, 0.1) is 6.54 Å². The van der Waals surface area contributed by atoms with Crippen molar-refractivity contribution < 1.29 is 13.9 Å². The minimum atomic E-state index is -0.490. The van der Waals surface area contributed by atoms with E-state index in [1.807, 2.05) is 26.0 Å². The van der Waals surface area contributed by atoms with Gasteiger partial charge in [0.25, 0.3) is 5.91 Å². The second-order valence-corrected chi connectivity index (χ2v) is 8.33. The fourth-order valence-electron chi connectivity index (χ4n) is 3.29. The van der Waals surface area contributed by atoms with E-state index in [2.05, 4.69) is 21.6 Å². The van der Waals surface area contributed by atoms with Crippen LogP contribution in [0, 0.1) is 19.7 Å². The van der Waals surface area contributed by atoms with Crippen LogP contribution in [0.1, 0.15) is 27.2 Å². The molecule has 2 heterocycles. The number of carbonyl (C=O) groups is 1. The van der Waals surface area contributed by atoms with Gasteiger partial charge in [0, 0.05) is 23.0 Å². The van der Waals surface area contributed by atoms with Crippen LogP contribution in [0.25, 0.3) is 0 Å². The van der Waals surface area contributed by atoms with Gasteiger partial charge in [-0.1, -0.05) is 35.3 Å². The van der Waals surface area contributed by atoms with Crippen molar-refractivity contribution in [3.63, 3.8) is 0 Å². The van der Waals surface area contributed by atoms with Crippen molar-refractivity contribution in [1.82, 2.24) is 19.6 Å². The lowest BCUT2D eigenvalue weighted by Crippen LogP contribution is -2.15. The SMILES string of the molecule is Cc1cc(C)cc(OCn2ccc(C(=O)Nc3nn(Cc4c(F)cccc4Cl)cc3Cl)n2)c1. The number of aryl methyl sites for hydroxylation is 2. The van der Waals surface area contributed by atoms with Crippen LogP contribution in [0.5, 0.6) is 5.75 Å². The lowest BCUT2D eigenvalue weighted by atomic mass is 10.1. The molecule has 0 saturated heterocycles. The Bertz CT molecular complexity index is 1280. The molecule has 0 aliphatic carbocycles. The van der Waals surface area contributed by atoms with Gasteiger partial charge in [-0.25, -0.2) is 9.07 Å². The number of ether oxygens (including phenoxy) is 1. The number of amides is 1. The van der Waals surface area contributed by atoms with Crippen LogP contribution in [-0.4, -0.2) is 25.5 Å². The summed E-state index contributed by atoms with van der Waals surface area (Å²) >= 11 is 12.3. The summed E-state index contributed by atoms with van der Waals surface area (Å²) in [6.45, 7) is 4.20. The fourth-order valence-corrected chi connectivity index (χ4v) is 3.71. The number of hydrogen-bond donors (Lipinski definition) is 1. The van der Waals surface area contributed by atoms with E-state index in [1.54, 1.807) is 18.3 Å². The average Bonchev–Trinajstić information content (AvgIpc) is 3.35. The minimum absolute atomic E-state index is 0.0610. The molecular weight excluding hydrogens is 468 g/mol. The standard InChI is InChI=1S/C23H20Cl2FN5O2/c1-14-8-15(2)10-16(9-14)33-13-30-7-6-21(28-30)23(32)27-22-19(25)12-31(29-22)11-17-18(24)4-3-5-20(17)26/h3-10,12H,11,13H2,1-2H3,(H,27,29,32). The van der Waals surface area contributed by atoms with E-state index in [9.17, 15) is 9.18 Å². The lowest BCUT2D eigenvalue weighted by molar-refractivity contribution is 0.101.